The lowest BCUT2D eigenvalue weighted by atomic mass is 10.1. The Kier molecular flexibility index (Phi) is 20.0. The Morgan fingerprint density at radius 3 is 2.26 bits per heavy atom. The first-order valence-electron chi connectivity index (χ1n) is 20.0. The maximum Gasteiger partial charge on any atom is 0.327 e. The molecule has 2 aliphatic heterocycles. The fourth-order valence-corrected chi connectivity index (χ4v) is 7.50. The second-order valence-electron chi connectivity index (χ2n) is 15.1. The van der Waals surface area contributed by atoms with E-state index in [0.29, 0.717) is 56.8 Å². The second kappa shape index (κ2) is 24.3. The van der Waals surface area contributed by atoms with E-state index in [9.17, 15) is 43.5 Å². The minimum absolute atomic E-state index is 0.0458. The fraction of sp³-hybridized carbons (Fsp3) is 0.650. The number of nitrogens with one attached hydrogen (secondary N) is 4. The van der Waals surface area contributed by atoms with Crippen LogP contribution in [-0.4, -0.2) is 118 Å². The number of carbonyl (C=O) groups excluding carboxylic acids is 7. The first-order chi connectivity index (χ1) is 27.2. The van der Waals surface area contributed by atoms with Gasteiger partial charge in [0.2, 0.25) is 35.4 Å². The van der Waals surface area contributed by atoms with Gasteiger partial charge < -0.3 is 36.0 Å². The molecule has 0 aliphatic carbocycles. The molecule has 5 N–H and O–H groups in total. The fourth-order valence-electron chi connectivity index (χ4n) is 6.31. The van der Waals surface area contributed by atoms with Crippen LogP contribution < -0.4 is 21.3 Å². The van der Waals surface area contributed by atoms with Gasteiger partial charge in [0, 0.05) is 49.8 Å². The van der Waals surface area contributed by atoms with Gasteiger partial charge in [0.25, 0.3) is 0 Å². The Morgan fingerprint density at radius 2 is 1.60 bits per heavy atom. The van der Waals surface area contributed by atoms with Crippen LogP contribution in [0.15, 0.2) is 24.3 Å². The van der Waals surface area contributed by atoms with E-state index in [-0.39, 0.29) is 92.0 Å². The molecule has 2 saturated heterocycles. The van der Waals surface area contributed by atoms with Gasteiger partial charge in [-0.3, -0.25) is 38.5 Å². The molecule has 0 spiro atoms. The molecule has 0 bridgehead atoms. The maximum absolute atomic E-state index is 13.0. The van der Waals surface area contributed by atoms with Gasteiger partial charge in [0.1, 0.15) is 18.7 Å². The van der Waals surface area contributed by atoms with Crippen LogP contribution in [0, 0.1) is 5.92 Å². The van der Waals surface area contributed by atoms with E-state index in [1.165, 1.54) is 9.80 Å². The van der Waals surface area contributed by atoms with E-state index >= 15 is 0 Å². The molecule has 6 amide bonds. The van der Waals surface area contributed by atoms with E-state index in [1.54, 1.807) is 38.1 Å². The summed E-state index contributed by atoms with van der Waals surface area (Å²) in [6.07, 6.45) is 5.34. The number of anilines is 1. The van der Waals surface area contributed by atoms with Crippen molar-refractivity contribution in [2.75, 3.05) is 37.2 Å². The number of amides is 6. The number of imide groups is 1. The van der Waals surface area contributed by atoms with Crippen molar-refractivity contribution < 1.29 is 48.2 Å². The minimum atomic E-state index is -1.20. The van der Waals surface area contributed by atoms with Crippen LogP contribution in [0.4, 0.5) is 5.69 Å². The molecule has 1 aromatic carbocycles. The van der Waals surface area contributed by atoms with Crippen LogP contribution in [0.1, 0.15) is 104 Å². The third-order valence-electron chi connectivity index (χ3n) is 9.61. The molecule has 0 aromatic heterocycles. The van der Waals surface area contributed by atoms with Crippen molar-refractivity contribution in [2.24, 2.45) is 5.92 Å². The maximum atomic E-state index is 13.0. The Balaban J connectivity index is 1.30. The molecule has 17 heteroatoms. The first-order valence-corrected chi connectivity index (χ1v) is 21.0. The Labute approximate surface area is 339 Å². The summed E-state index contributed by atoms with van der Waals surface area (Å²) < 4.78 is 5.23. The SMILES string of the molecule is CC(C)NCCCCCC(=O)NC(CSC1CC(=O)N(CCCCCC(=O)NCC(=O)N2CCCC2C(=O)Nc2ccc(COC(=O)C(C)C)cc2)C1=O)C(=O)O. The predicted molar refractivity (Wildman–Crippen MR) is 215 cm³/mol. The molecule has 2 aliphatic rings. The zero-order chi connectivity index (χ0) is 41.9. The standard InChI is InChI=1S/C40H60N6O10S/c1-26(2)40(55)56-24-28-15-17-29(18-16-28)43-37(51)31-12-11-21-45(31)36(50)23-42-33(47)13-8-6-10-20-46-35(49)22-32(38(46)52)57-25-30(39(53)54)44-34(48)14-7-5-9-19-41-27(3)4/h15-18,26-27,30-32,41H,5-14,19-25H2,1-4H3,(H,42,47)(H,43,51)(H,44,48)(H,53,54). The number of unbranched alkanes of at least 4 members (excludes halogenated alkanes) is 4. The van der Waals surface area contributed by atoms with Gasteiger partial charge in [0.15, 0.2) is 0 Å². The molecular formula is C40H60N6O10S. The van der Waals surface area contributed by atoms with Gasteiger partial charge in [-0.25, -0.2) is 4.79 Å². The number of esters is 1. The first kappa shape index (κ1) is 46.9. The van der Waals surface area contributed by atoms with Gasteiger partial charge in [0.05, 0.1) is 17.7 Å². The van der Waals surface area contributed by atoms with Crippen LogP contribution in [0.5, 0.6) is 0 Å². The minimum Gasteiger partial charge on any atom is -0.480 e. The van der Waals surface area contributed by atoms with Gasteiger partial charge in [-0.2, -0.15) is 0 Å². The molecule has 2 heterocycles. The summed E-state index contributed by atoms with van der Waals surface area (Å²) in [5, 5.41) is 20.2. The van der Waals surface area contributed by atoms with E-state index in [2.05, 4.69) is 35.1 Å². The zero-order valence-electron chi connectivity index (χ0n) is 33.6. The van der Waals surface area contributed by atoms with Crippen LogP contribution in [0.2, 0.25) is 0 Å². The summed E-state index contributed by atoms with van der Waals surface area (Å²) in [6, 6.07) is 5.45. The highest BCUT2D eigenvalue weighted by Crippen LogP contribution is 2.26. The molecule has 3 atom stereocenters. The number of hydrogen-bond donors (Lipinski definition) is 5. The highest BCUT2D eigenvalue weighted by Gasteiger charge is 2.39. The molecule has 0 saturated carbocycles. The second-order valence-corrected chi connectivity index (χ2v) is 16.3. The lowest BCUT2D eigenvalue weighted by molar-refractivity contribution is -0.148. The number of carboxylic acid groups (broad SMARTS) is 1. The normalized spacial score (nSPS) is 17.2. The largest absolute Gasteiger partial charge is 0.480 e. The quantitative estimate of drug-likeness (QED) is 0.0547. The number of thioether (sulfide) groups is 1. The Morgan fingerprint density at radius 1 is 0.912 bits per heavy atom. The Bertz CT molecular complexity index is 1560. The predicted octanol–water partition coefficient (Wildman–Crippen LogP) is 2.98. The molecule has 3 unspecified atom stereocenters. The summed E-state index contributed by atoms with van der Waals surface area (Å²) in [4.78, 5) is 103. The summed E-state index contributed by atoms with van der Waals surface area (Å²) in [5.74, 6) is -3.88. The zero-order valence-corrected chi connectivity index (χ0v) is 34.5. The van der Waals surface area contributed by atoms with Crippen molar-refractivity contribution >= 4 is 64.8 Å². The van der Waals surface area contributed by atoms with Crippen molar-refractivity contribution in [2.45, 2.75) is 128 Å². The molecule has 316 valence electrons. The average molecular weight is 817 g/mol. The molecule has 2 fully saturated rings. The van der Waals surface area contributed by atoms with Crippen molar-refractivity contribution in [3.63, 3.8) is 0 Å². The van der Waals surface area contributed by atoms with Gasteiger partial charge in [-0.15, -0.1) is 11.8 Å². The molecule has 3 rings (SSSR count). The van der Waals surface area contributed by atoms with Crippen LogP contribution in [-0.2, 0) is 49.7 Å². The lowest BCUT2D eigenvalue weighted by Crippen LogP contribution is -2.47. The third-order valence-corrected chi connectivity index (χ3v) is 10.9. The summed E-state index contributed by atoms with van der Waals surface area (Å²) in [6.45, 7) is 8.94. The number of carboxylic acids is 1. The van der Waals surface area contributed by atoms with Gasteiger partial charge in [-0.05, 0) is 62.8 Å². The number of hydrogen-bond acceptors (Lipinski definition) is 11. The molecule has 16 nitrogen and oxygen atoms in total. The van der Waals surface area contributed by atoms with Gasteiger partial charge in [-0.1, -0.05) is 52.7 Å². The molecular weight excluding hydrogens is 757 g/mol. The molecule has 1 aromatic rings. The number of benzene rings is 1. The van der Waals surface area contributed by atoms with Crippen LogP contribution in [0.25, 0.3) is 0 Å². The Hall–Kier alpha value is -4.51. The van der Waals surface area contributed by atoms with Crippen molar-refractivity contribution in [1.82, 2.24) is 25.8 Å². The summed E-state index contributed by atoms with van der Waals surface area (Å²) in [5.41, 5.74) is 1.32. The lowest BCUT2D eigenvalue weighted by Gasteiger charge is -2.24. The van der Waals surface area contributed by atoms with E-state index in [4.69, 9.17) is 4.74 Å². The number of carbonyl (C=O) groups is 8. The van der Waals surface area contributed by atoms with Gasteiger partial charge >= 0.3 is 11.9 Å². The van der Waals surface area contributed by atoms with Crippen LogP contribution in [0.3, 0.4) is 0 Å². The van der Waals surface area contributed by atoms with Crippen molar-refractivity contribution in [3.05, 3.63) is 29.8 Å². The monoisotopic (exact) mass is 816 g/mol. The topological polar surface area (TPSA) is 221 Å². The average Bonchev–Trinajstić information content (AvgIpc) is 3.77. The third kappa shape index (κ3) is 16.5. The number of likely N-dealkylation sites (tertiary alicyclic amines) is 2. The van der Waals surface area contributed by atoms with E-state index in [1.807, 2.05) is 0 Å². The van der Waals surface area contributed by atoms with Crippen molar-refractivity contribution in [3.8, 4) is 0 Å². The van der Waals surface area contributed by atoms with Crippen LogP contribution >= 0.6 is 11.8 Å². The highest BCUT2D eigenvalue weighted by atomic mass is 32.2. The number of nitrogens with zero attached hydrogens (tertiary/aromatic N) is 2. The highest BCUT2D eigenvalue weighted by molar-refractivity contribution is 8.00. The number of aliphatic carboxylic acids is 1. The van der Waals surface area contributed by atoms with E-state index in [0.717, 1.165) is 36.7 Å². The summed E-state index contributed by atoms with van der Waals surface area (Å²) in [7, 11) is 0. The molecule has 0 radical (unpaired) electrons. The number of ether oxygens (including phenoxy) is 1. The van der Waals surface area contributed by atoms with E-state index < -0.39 is 23.3 Å². The van der Waals surface area contributed by atoms with Crippen molar-refractivity contribution in [1.29, 1.82) is 0 Å². The smallest absolute Gasteiger partial charge is 0.327 e. The number of rotatable bonds is 25. The summed E-state index contributed by atoms with van der Waals surface area (Å²) >= 11 is 1.05. The molecule has 57 heavy (non-hydrogen) atoms.